The summed E-state index contributed by atoms with van der Waals surface area (Å²) in [4.78, 5) is 13.8. The van der Waals surface area contributed by atoms with Crippen molar-refractivity contribution in [1.29, 1.82) is 0 Å². The highest BCUT2D eigenvalue weighted by Crippen LogP contribution is 2.23. The van der Waals surface area contributed by atoms with Crippen molar-refractivity contribution in [2.75, 3.05) is 18.8 Å². The van der Waals surface area contributed by atoms with Crippen molar-refractivity contribution in [2.45, 2.75) is 23.8 Å². The number of carbonyl (C=O) groups is 1. The van der Waals surface area contributed by atoms with Gasteiger partial charge in [-0.15, -0.1) is 11.8 Å². The molecule has 1 fully saturated rings. The summed E-state index contributed by atoms with van der Waals surface area (Å²) in [7, 11) is 0. The van der Waals surface area contributed by atoms with Gasteiger partial charge < -0.3 is 10.6 Å². The number of likely N-dealkylation sites (tertiary alicyclic amines) is 1. The molecule has 0 aromatic heterocycles. The van der Waals surface area contributed by atoms with Gasteiger partial charge >= 0.3 is 0 Å². The van der Waals surface area contributed by atoms with E-state index in [2.05, 4.69) is 0 Å². The summed E-state index contributed by atoms with van der Waals surface area (Å²) in [5.41, 5.74) is 5.73. The van der Waals surface area contributed by atoms with E-state index in [4.69, 9.17) is 5.73 Å². The summed E-state index contributed by atoms with van der Waals surface area (Å²) in [6.07, 6.45) is 1.14. The van der Waals surface area contributed by atoms with Gasteiger partial charge in [0.1, 0.15) is 11.6 Å². The Labute approximate surface area is 115 Å². The molecule has 0 bridgehead atoms. The predicted molar refractivity (Wildman–Crippen MR) is 70.9 cm³/mol. The number of amides is 1. The van der Waals surface area contributed by atoms with Crippen LogP contribution < -0.4 is 5.73 Å². The van der Waals surface area contributed by atoms with Gasteiger partial charge in [0.2, 0.25) is 5.91 Å². The standard InChI is InChI=1S/C13H16F2N2OS/c14-9-1-2-11(15)12(7-9)19-6-4-13(18)17-5-3-10(16)8-17/h1-2,7,10H,3-6,8,16H2/t10-/m0/s1. The van der Waals surface area contributed by atoms with E-state index in [0.717, 1.165) is 36.4 Å². The van der Waals surface area contributed by atoms with Crippen molar-refractivity contribution < 1.29 is 13.6 Å². The highest BCUT2D eigenvalue weighted by atomic mass is 32.2. The van der Waals surface area contributed by atoms with E-state index in [1.807, 2.05) is 0 Å². The highest BCUT2D eigenvalue weighted by molar-refractivity contribution is 7.99. The largest absolute Gasteiger partial charge is 0.341 e. The van der Waals surface area contributed by atoms with Gasteiger partial charge in [-0.2, -0.15) is 0 Å². The van der Waals surface area contributed by atoms with E-state index in [1.54, 1.807) is 4.90 Å². The molecule has 0 spiro atoms. The first kappa shape index (κ1) is 14.3. The number of carbonyl (C=O) groups excluding carboxylic acids is 1. The molecule has 1 aliphatic heterocycles. The topological polar surface area (TPSA) is 46.3 Å². The molecule has 0 radical (unpaired) electrons. The quantitative estimate of drug-likeness (QED) is 0.861. The SMILES string of the molecule is N[C@H]1CCN(C(=O)CCSc2cc(F)ccc2F)C1. The second-order valence-corrected chi connectivity index (χ2v) is 5.70. The normalized spacial score (nSPS) is 18.9. The van der Waals surface area contributed by atoms with E-state index in [1.165, 1.54) is 0 Å². The summed E-state index contributed by atoms with van der Waals surface area (Å²) >= 11 is 1.16. The van der Waals surface area contributed by atoms with Crippen LogP contribution in [0.1, 0.15) is 12.8 Å². The molecule has 0 saturated carbocycles. The Morgan fingerprint density at radius 3 is 2.95 bits per heavy atom. The highest BCUT2D eigenvalue weighted by Gasteiger charge is 2.23. The van der Waals surface area contributed by atoms with Gasteiger partial charge in [-0.05, 0) is 24.6 Å². The van der Waals surface area contributed by atoms with E-state index in [0.29, 0.717) is 25.3 Å². The van der Waals surface area contributed by atoms with Gasteiger partial charge in [0, 0.05) is 36.2 Å². The third kappa shape index (κ3) is 3.91. The van der Waals surface area contributed by atoms with Crippen LogP contribution in [0.5, 0.6) is 0 Å². The van der Waals surface area contributed by atoms with Gasteiger partial charge in [-0.25, -0.2) is 8.78 Å². The Morgan fingerprint density at radius 1 is 1.47 bits per heavy atom. The molecule has 1 aromatic carbocycles. The summed E-state index contributed by atoms with van der Waals surface area (Å²) in [6.45, 7) is 1.29. The molecular weight excluding hydrogens is 270 g/mol. The van der Waals surface area contributed by atoms with Crippen molar-refractivity contribution in [1.82, 2.24) is 4.90 Å². The molecule has 1 amide bonds. The molecule has 1 atom stereocenters. The van der Waals surface area contributed by atoms with Crippen LogP contribution in [0.2, 0.25) is 0 Å². The number of nitrogens with two attached hydrogens (primary N) is 1. The second kappa shape index (κ2) is 6.34. The van der Waals surface area contributed by atoms with Crippen molar-refractivity contribution in [3.05, 3.63) is 29.8 Å². The number of nitrogens with zero attached hydrogens (tertiary/aromatic N) is 1. The number of hydrogen-bond acceptors (Lipinski definition) is 3. The zero-order valence-electron chi connectivity index (χ0n) is 10.4. The van der Waals surface area contributed by atoms with Crippen LogP contribution in [-0.2, 0) is 4.79 Å². The monoisotopic (exact) mass is 286 g/mol. The Balaban J connectivity index is 1.80. The lowest BCUT2D eigenvalue weighted by atomic mass is 10.3. The Bertz CT molecular complexity index is 470. The predicted octanol–water partition coefficient (Wildman–Crippen LogP) is 2.01. The fraction of sp³-hybridized carbons (Fsp3) is 0.462. The van der Waals surface area contributed by atoms with Crippen LogP contribution in [-0.4, -0.2) is 35.7 Å². The molecule has 0 unspecified atom stereocenters. The summed E-state index contributed by atoms with van der Waals surface area (Å²) < 4.78 is 26.3. The molecule has 2 N–H and O–H groups in total. The smallest absolute Gasteiger partial charge is 0.223 e. The van der Waals surface area contributed by atoms with Gasteiger partial charge in [0.25, 0.3) is 0 Å². The third-order valence-electron chi connectivity index (χ3n) is 3.04. The van der Waals surface area contributed by atoms with Crippen molar-refractivity contribution in [3.63, 3.8) is 0 Å². The molecule has 2 rings (SSSR count). The molecule has 1 heterocycles. The minimum absolute atomic E-state index is 0.0252. The zero-order valence-corrected chi connectivity index (χ0v) is 11.3. The van der Waals surface area contributed by atoms with Gasteiger partial charge in [0.05, 0.1) is 0 Å². The average Bonchev–Trinajstić information content (AvgIpc) is 2.80. The summed E-state index contributed by atoms with van der Waals surface area (Å²) in [5.74, 6) is -0.467. The summed E-state index contributed by atoms with van der Waals surface area (Å²) in [5, 5.41) is 0. The Kier molecular flexibility index (Phi) is 4.76. The number of hydrogen-bond donors (Lipinski definition) is 1. The first-order valence-corrected chi connectivity index (χ1v) is 7.16. The molecule has 0 aliphatic carbocycles. The fourth-order valence-corrected chi connectivity index (χ4v) is 2.91. The molecular formula is C13H16F2N2OS. The maximum Gasteiger partial charge on any atom is 0.223 e. The molecule has 1 aromatic rings. The van der Waals surface area contributed by atoms with E-state index in [-0.39, 0.29) is 16.8 Å². The van der Waals surface area contributed by atoms with Crippen molar-refractivity contribution in [2.24, 2.45) is 5.73 Å². The van der Waals surface area contributed by atoms with Gasteiger partial charge in [0.15, 0.2) is 0 Å². The molecule has 6 heteroatoms. The first-order valence-electron chi connectivity index (χ1n) is 6.17. The zero-order chi connectivity index (χ0) is 13.8. The summed E-state index contributed by atoms with van der Waals surface area (Å²) in [6, 6.07) is 3.39. The van der Waals surface area contributed by atoms with Crippen LogP contribution in [0.15, 0.2) is 23.1 Å². The van der Waals surface area contributed by atoms with E-state index >= 15 is 0 Å². The maximum absolute atomic E-state index is 13.3. The molecule has 3 nitrogen and oxygen atoms in total. The average molecular weight is 286 g/mol. The minimum atomic E-state index is -0.472. The molecule has 19 heavy (non-hydrogen) atoms. The lowest BCUT2D eigenvalue weighted by Crippen LogP contribution is -2.32. The van der Waals surface area contributed by atoms with Crippen molar-refractivity contribution in [3.8, 4) is 0 Å². The number of thioether (sulfide) groups is 1. The van der Waals surface area contributed by atoms with E-state index in [9.17, 15) is 13.6 Å². The number of rotatable bonds is 4. The fourth-order valence-electron chi connectivity index (χ4n) is 2.01. The lowest BCUT2D eigenvalue weighted by molar-refractivity contribution is -0.129. The third-order valence-corrected chi connectivity index (χ3v) is 4.08. The van der Waals surface area contributed by atoms with Gasteiger partial charge in [-0.3, -0.25) is 4.79 Å². The minimum Gasteiger partial charge on any atom is -0.341 e. The Morgan fingerprint density at radius 2 is 2.26 bits per heavy atom. The van der Waals surface area contributed by atoms with Gasteiger partial charge in [-0.1, -0.05) is 0 Å². The first-order chi connectivity index (χ1) is 9.06. The molecule has 104 valence electrons. The maximum atomic E-state index is 13.3. The molecule has 1 saturated heterocycles. The lowest BCUT2D eigenvalue weighted by Gasteiger charge is -2.15. The van der Waals surface area contributed by atoms with Crippen LogP contribution >= 0.6 is 11.8 Å². The van der Waals surface area contributed by atoms with Crippen LogP contribution in [0.25, 0.3) is 0 Å². The second-order valence-electron chi connectivity index (χ2n) is 4.56. The van der Waals surface area contributed by atoms with Crippen LogP contribution in [0.3, 0.4) is 0 Å². The number of halogens is 2. The van der Waals surface area contributed by atoms with Crippen LogP contribution in [0, 0.1) is 11.6 Å². The number of benzene rings is 1. The Hall–Kier alpha value is -1.14. The van der Waals surface area contributed by atoms with Crippen molar-refractivity contribution >= 4 is 17.7 Å². The van der Waals surface area contributed by atoms with Crippen LogP contribution in [0.4, 0.5) is 8.78 Å². The van der Waals surface area contributed by atoms with E-state index < -0.39 is 11.6 Å². The molecule has 1 aliphatic rings.